The monoisotopic (exact) mass is 421 g/mol. The van der Waals surface area contributed by atoms with E-state index in [0.29, 0.717) is 11.3 Å². The number of hydrogen-bond donors (Lipinski definition) is 2. The summed E-state index contributed by atoms with van der Waals surface area (Å²) in [5.74, 6) is -0.0638. The third-order valence-corrected chi connectivity index (χ3v) is 5.46. The van der Waals surface area contributed by atoms with Crippen molar-refractivity contribution in [2.45, 2.75) is 38.0 Å². The van der Waals surface area contributed by atoms with Gasteiger partial charge in [-0.05, 0) is 37.6 Å². The van der Waals surface area contributed by atoms with E-state index < -0.39 is 22.7 Å². The zero-order chi connectivity index (χ0) is 22.2. The fraction of sp³-hybridized carbons (Fsp3) is 0.261. The van der Waals surface area contributed by atoms with Crippen LogP contribution >= 0.6 is 0 Å². The van der Waals surface area contributed by atoms with Gasteiger partial charge in [-0.3, -0.25) is 14.9 Å². The van der Waals surface area contributed by atoms with E-state index in [1.165, 1.54) is 12.1 Å². The highest BCUT2D eigenvalue weighted by atomic mass is 16.6. The van der Waals surface area contributed by atoms with Gasteiger partial charge in [0.15, 0.2) is 0 Å². The van der Waals surface area contributed by atoms with Crippen molar-refractivity contribution in [2.24, 2.45) is 0 Å². The summed E-state index contributed by atoms with van der Waals surface area (Å²) in [6, 6.07) is 15.1. The molecule has 8 heteroatoms. The van der Waals surface area contributed by atoms with Crippen molar-refractivity contribution < 1.29 is 19.6 Å². The van der Waals surface area contributed by atoms with E-state index in [4.69, 9.17) is 4.74 Å². The van der Waals surface area contributed by atoms with Crippen molar-refractivity contribution in [3.63, 3.8) is 0 Å². The van der Waals surface area contributed by atoms with Gasteiger partial charge in [0.1, 0.15) is 23.1 Å². The number of carbonyl (C=O) groups excluding carboxylic acids is 1. The number of carbonyl (C=O) groups is 1. The maximum atomic E-state index is 12.6. The van der Waals surface area contributed by atoms with Crippen LogP contribution in [0.4, 0.5) is 11.4 Å². The molecule has 160 valence electrons. The lowest BCUT2D eigenvalue weighted by Crippen LogP contribution is -2.50. The van der Waals surface area contributed by atoms with Crippen LogP contribution in [0.2, 0.25) is 0 Å². The summed E-state index contributed by atoms with van der Waals surface area (Å²) in [7, 11) is 0. The molecule has 1 aliphatic heterocycles. The van der Waals surface area contributed by atoms with Crippen LogP contribution in [0.1, 0.15) is 31.0 Å². The smallest absolute Gasteiger partial charge is 0.296 e. The van der Waals surface area contributed by atoms with Gasteiger partial charge in [-0.15, -0.1) is 0 Å². The normalized spacial score (nSPS) is 19.2. The van der Waals surface area contributed by atoms with Gasteiger partial charge >= 0.3 is 0 Å². The van der Waals surface area contributed by atoms with Gasteiger partial charge in [0.05, 0.1) is 23.5 Å². The molecule has 0 saturated carbocycles. The Kier molecular flexibility index (Phi) is 5.24. The molecule has 0 bridgehead atoms. The first kappa shape index (κ1) is 20.6. The quantitative estimate of drug-likeness (QED) is 0.483. The first-order valence-corrected chi connectivity index (χ1v) is 9.92. The molecule has 2 heterocycles. The van der Waals surface area contributed by atoms with Gasteiger partial charge in [0.25, 0.3) is 5.69 Å². The Morgan fingerprint density at radius 3 is 2.52 bits per heavy atom. The third kappa shape index (κ3) is 4.02. The average Bonchev–Trinajstić information content (AvgIpc) is 3.23. The van der Waals surface area contributed by atoms with Gasteiger partial charge in [0, 0.05) is 18.0 Å². The first-order chi connectivity index (χ1) is 14.8. The highest BCUT2D eigenvalue weighted by Crippen LogP contribution is 2.45. The number of aromatic nitrogens is 1. The summed E-state index contributed by atoms with van der Waals surface area (Å²) < 4.78 is 7.75. The highest BCUT2D eigenvalue weighted by molar-refractivity contribution is 5.95. The third-order valence-electron chi connectivity index (χ3n) is 5.46. The summed E-state index contributed by atoms with van der Waals surface area (Å²) in [5.41, 5.74) is 0.194. The lowest BCUT2D eigenvalue weighted by atomic mass is 9.86. The van der Waals surface area contributed by atoms with Crippen molar-refractivity contribution in [3.8, 4) is 5.75 Å². The fourth-order valence-corrected chi connectivity index (χ4v) is 3.88. The standard InChI is InChI=1S/C23H23N3O5/c1-23(2)22(28)21(25-10-6-7-11-25)16-13-17(18(26(29)30)14-19(16)31-23)24-20(27)12-15-8-4-3-5-9-15/h3-11,13-14,21-22,28H,12H2,1-2H3,(H,24,27)/t21-,22+/m1/s1. The second kappa shape index (κ2) is 7.88. The molecular weight excluding hydrogens is 398 g/mol. The van der Waals surface area contributed by atoms with E-state index in [0.717, 1.165) is 5.56 Å². The zero-order valence-corrected chi connectivity index (χ0v) is 17.2. The van der Waals surface area contributed by atoms with Crippen LogP contribution in [0.5, 0.6) is 5.75 Å². The molecule has 31 heavy (non-hydrogen) atoms. The predicted molar refractivity (Wildman–Crippen MR) is 115 cm³/mol. The topological polar surface area (TPSA) is 107 Å². The van der Waals surface area contributed by atoms with E-state index in [-0.39, 0.29) is 23.7 Å². The van der Waals surface area contributed by atoms with Crippen LogP contribution in [-0.2, 0) is 11.2 Å². The van der Waals surface area contributed by atoms with Gasteiger partial charge in [-0.25, -0.2) is 0 Å². The Labute approximate surface area is 179 Å². The summed E-state index contributed by atoms with van der Waals surface area (Å²) in [4.78, 5) is 23.8. The van der Waals surface area contributed by atoms with E-state index >= 15 is 0 Å². The first-order valence-electron chi connectivity index (χ1n) is 9.92. The average molecular weight is 421 g/mol. The van der Waals surface area contributed by atoms with Gasteiger partial charge in [0.2, 0.25) is 5.91 Å². The van der Waals surface area contributed by atoms with Crippen molar-refractivity contribution in [1.29, 1.82) is 0 Å². The maximum absolute atomic E-state index is 12.6. The van der Waals surface area contributed by atoms with Crippen molar-refractivity contribution in [1.82, 2.24) is 4.57 Å². The van der Waals surface area contributed by atoms with Crippen LogP contribution in [0, 0.1) is 10.1 Å². The number of nitrogens with one attached hydrogen (secondary N) is 1. The second-order valence-electron chi connectivity index (χ2n) is 8.10. The van der Waals surface area contributed by atoms with Crippen molar-refractivity contribution in [2.75, 3.05) is 5.32 Å². The molecule has 2 N–H and O–H groups in total. The Bertz CT molecular complexity index is 1110. The molecule has 3 aromatic rings. The number of nitro benzene ring substituents is 1. The number of nitro groups is 1. The molecule has 2 aromatic carbocycles. The molecule has 0 fully saturated rings. The zero-order valence-electron chi connectivity index (χ0n) is 17.2. The molecule has 8 nitrogen and oxygen atoms in total. The molecule has 0 aliphatic carbocycles. The van der Waals surface area contributed by atoms with Crippen LogP contribution in [0.25, 0.3) is 0 Å². The largest absolute Gasteiger partial charge is 0.484 e. The number of rotatable bonds is 5. The number of aliphatic hydroxyl groups is 1. The highest BCUT2D eigenvalue weighted by Gasteiger charge is 2.44. The van der Waals surface area contributed by atoms with Gasteiger partial charge < -0.3 is 19.7 Å². The number of benzene rings is 2. The molecular formula is C23H23N3O5. The summed E-state index contributed by atoms with van der Waals surface area (Å²) in [6.07, 6.45) is 2.80. The number of ether oxygens (including phenoxy) is 1. The van der Waals surface area contributed by atoms with E-state index in [1.54, 1.807) is 13.8 Å². The molecule has 0 saturated heterocycles. The molecule has 4 rings (SSSR count). The second-order valence-corrected chi connectivity index (χ2v) is 8.10. The number of nitrogens with zero attached hydrogens (tertiary/aromatic N) is 2. The molecule has 0 spiro atoms. The van der Waals surface area contributed by atoms with E-state index in [2.05, 4.69) is 5.32 Å². The lowest BCUT2D eigenvalue weighted by molar-refractivity contribution is -0.384. The van der Waals surface area contributed by atoms with E-state index in [1.807, 2.05) is 59.4 Å². The van der Waals surface area contributed by atoms with Crippen LogP contribution < -0.4 is 10.1 Å². The minimum atomic E-state index is -0.964. The minimum absolute atomic E-state index is 0.0670. The van der Waals surface area contributed by atoms with Crippen LogP contribution in [-0.4, -0.2) is 32.2 Å². The van der Waals surface area contributed by atoms with Crippen molar-refractivity contribution >= 4 is 17.3 Å². The fourth-order valence-electron chi connectivity index (χ4n) is 3.88. The maximum Gasteiger partial charge on any atom is 0.296 e. The molecule has 0 radical (unpaired) electrons. The molecule has 2 atom stereocenters. The number of amides is 1. The minimum Gasteiger partial charge on any atom is -0.484 e. The van der Waals surface area contributed by atoms with Gasteiger partial charge in [-0.2, -0.15) is 0 Å². The predicted octanol–water partition coefficient (Wildman–Crippen LogP) is 3.70. The van der Waals surface area contributed by atoms with Crippen molar-refractivity contribution in [3.05, 3.63) is 88.2 Å². The number of anilines is 1. The molecule has 1 aromatic heterocycles. The Hall–Kier alpha value is -3.65. The summed E-state index contributed by atoms with van der Waals surface area (Å²) >= 11 is 0. The van der Waals surface area contributed by atoms with Crippen LogP contribution in [0.15, 0.2) is 67.0 Å². The Morgan fingerprint density at radius 2 is 1.87 bits per heavy atom. The summed E-state index contributed by atoms with van der Waals surface area (Å²) in [6.45, 7) is 3.47. The molecule has 1 aliphatic rings. The SMILES string of the molecule is CC1(C)Oc2cc([N+](=O)[O-])c(NC(=O)Cc3ccccc3)cc2[C@@H](n2cccc2)[C@@H]1O. The number of aliphatic hydroxyl groups excluding tert-OH is 1. The van der Waals surface area contributed by atoms with Gasteiger partial charge in [-0.1, -0.05) is 30.3 Å². The lowest BCUT2D eigenvalue weighted by Gasteiger charge is -2.42. The number of hydrogen-bond acceptors (Lipinski definition) is 5. The Morgan fingerprint density at radius 1 is 1.19 bits per heavy atom. The summed E-state index contributed by atoms with van der Waals surface area (Å²) in [5, 5.41) is 25.4. The number of fused-ring (bicyclic) bond motifs is 1. The Balaban J connectivity index is 1.75. The molecule has 0 unspecified atom stereocenters. The van der Waals surface area contributed by atoms with Crippen LogP contribution in [0.3, 0.4) is 0 Å². The van der Waals surface area contributed by atoms with E-state index in [9.17, 15) is 20.0 Å². The molecule has 1 amide bonds.